The summed E-state index contributed by atoms with van der Waals surface area (Å²) in [4.78, 5) is 20.2. The second-order valence-electron chi connectivity index (χ2n) is 6.00. The van der Waals surface area contributed by atoms with E-state index in [0.717, 1.165) is 31.7 Å². The molecular formula is C19H25IN4OS. The van der Waals surface area contributed by atoms with Crippen LogP contribution in [0.5, 0.6) is 0 Å². The van der Waals surface area contributed by atoms with Crippen LogP contribution in [-0.2, 0) is 17.8 Å². The molecule has 0 bridgehead atoms. The predicted octanol–water partition coefficient (Wildman–Crippen LogP) is 3.32. The molecule has 3 rings (SSSR count). The summed E-state index contributed by atoms with van der Waals surface area (Å²) in [6.45, 7) is 6.49. The number of halogens is 1. The highest BCUT2D eigenvalue weighted by Gasteiger charge is 2.23. The first-order valence-corrected chi connectivity index (χ1v) is 9.50. The average Bonchev–Trinajstić information content (AvgIpc) is 3.23. The van der Waals surface area contributed by atoms with Crippen LogP contribution in [0, 0.1) is 6.92 Å². The minimum absolute atomic E-state index is 0. The second-order valence-corrected chi connectivity index (χ2v) is 7.00. The van der Waals surface area contributed by atoms with Crippen molar-refractivity contribution < 1.29 is 4.79 Å². The Labute approximate surface area is 175 Å². The second kappa shape index (κ2) is 9.91. The van der Waals surface area contributed by atoms with E-state index in [2.05, 4.69) is 40.1 Å². The van der Waals surface area contributed by atoms with Crippen LogP contribution in [0.1, 0.15) is 22.9 Å². The first kappa shape index (κ1) is 20.7. The molecule has 1 aliphatic rings. The van der Waals surface area contributed by atoms with Crippen LogP contribution in [0.3, 0.4) is 0 Å². The predicted molar refractivity (Wildman–Crippen MR) is 120 cm³/mol. The Hall–Kier alpha value is -1.61. The molecule has 0 saturated carbocycles. The van der Waals surface area contributed by atoms with Gasteiger partial charge in [0, 0.05) is 23.7 Å². The lowest BCUT2D eigenvalue weighted by molar-refractivity contribution is -0.117. The molecule has 2 aromatic rings. The number of para-hydroxylation sites is 1. The number of rotatable bonds is 5. The third kappa shape index (κ3) is 4.97. The van der Waals surface area contributed by atoms with Crippen molar-refractivity contribution in [3.05, 3.63) is 51.7 Å². The number of thiophene rings is 1. The van der Waals surface area contributed by atoms with Crippen LogP contribution in [0.2, 0.25) is 0 Å². The van der Waals surface area contributed by atoms with Crippen molar-refractivity contribution in [3.8, 4) is 0 Å². The van der Waals surface area contributed by atoms with Gasteiger partial charge in [-0.1, -0.05) is 18.2 Å². The lowest BCUT2D eigenvalue weighted by Crippen LogP contribution is -2.38. The van der Waals surface area contributed by atoms with Gasteiger partial charge in [0.15, 0.2) is 5.96 Å². The molecule has 26 heavy (non-hydrogen) atoms. The maximum Gasteiger partial charge on any atom is 0.248 e. The highest BCUT2D eigenvalue weighted by atomic mass is 127. The fraction of sp³-hybridized carbons (Fsp3) is 0.368. The zero-order chi connectivity index (χ0) is 17.6. The van der Waals surface area contributed by atoms with Crippen LogP contribution in [-0.4, -0.2) is 31.5 Å². The molecule has 1 aliphatic heterocycles. The Morgan fingerprint density at radius 2 is 2.08 bits per heavy atom. The lowest BCUT2D eigenvalue weighted by atomic mass is 10.2. The Morgan fingerprint density at radius 1 is 1.27 bits per heavy atom. The van der Waals surface area contributed by atoms with Gasteiger partial charge in [-0.25, -0.2) is 4.99 Å². The molecule has 2 N–H and O–H groups in total. The van der Waals surface area contributed by atoms with E-state index in [9.17, 15) is 4.79 Å². The van der Waals surface area contributed by atoms with Crippen LogP contribution in [0.4, 0.5) is 5.69 Å². The van der Waals surface area contributed by atoms with Gasteiger partial charge in [0.2, 0.25) is 5.91 Å². The minimum atomic E-state index is 0. The van der Waals surface area contributed by atoms with Crippen LogP contribution < -0.4 is 15.5 Å². The quantitative estimate of drug-likeness (QED) is 0.389. The van der Waals surface area contributed by atoms with Crippen molar-refractivity contribution in [2.24, 2.45) is 4.99 Å². The maximum absolute atomic E-state index is 12.6. The minimum Gasteiger partial charge on any atom is -0.357 e. The molecule has 0 atom stereocenters. The van der Waals surface area contributed by atoms with E-state index < -0.39 is 0 Å². The number of benzene rings is 1. The van der Waals surface area contributed by atoms with E-state index in [0.29, 0.717) is 5.96 Å². The van der Waals surface area contributed by atoms with Gasteiger partial charge in [0.05, 0.1) is 6.54 Å². The number of carbonyl (C=O) groups is 1. The molecular weight excluding hydrogens is 459 g/mol. The summed E-state index contributed by atoms with van der Waals surface area (Å²) in [7, 11) is 0. The molecule has 0 fully saturated rings. The summed E-state index contributed by atoms with van der Waals surface area (Å²) in [6.07, 6.45) is 0.918. The van der Waals surface area contributed by atoms with Crippen LogP contribution in [0.15, 0.2) is 40.7 Å². The van der Waals surface area contributed by atoms with Gasteiger partial charge in [0.25, 0.3) is 0 Å². The first-order chi connectivity index (χ1) is 12.2. The van der Waals surface area contributed by atoms with Gasteiger partial charge in [-0.15, -0.1) is 35.3 Å². The molecule has 0 radical (unpaired) electrons. The number of hydrogen-bond acceptors (Lipinski definition) is 3. The Balaban J connectivity index is 0.00000243. The monoisotopic (exact) mass is 484 g/mol. The van der Waals surface area contributed by atoms with Gasteiger partial charge >= 0.3 is 0 Å². The average molecular weight is 484 g/mol. The van der Waals surface area contributed by atoms with Crippen molar-refractivity contribution in [1.29, 1.82) is 0 Å². The zero-order valence-electron chi connectivity index (χ0n) is 15.1. The summed E-state index contributed by atoms with van der Waals surface area (Å²) in [6, 6.07) is 10.2. The summed E-state index contributed by atoms with van der Waals surface area (Å²) in [5, 5.41) is 8.60. The van der Waals surface area contributed by atoms with Gasteiger partial charge in [0.1, 0.15) is 6.54 Å². The first-order valence-electron chi connectivity index (χ1n) is 8.62. The Kier molecular flexibility index (Phi) is 7.89. The third-order valence-electron chi connectivity index (χ3n) is 4.29. The van der Waals surface area contributed by atoms with Gasteiger partial charge in [-0.2, -0.15) is 0 Å². The molecule has 140 valence electrons. The van der Waals surface area contributed by atoms with Gasteiger partial charge < -0.3 is 15.5 Å². The standard InChI is InChI=1S/C19H24N4OS.HI/c1-3-20-19(21-12-17-14(2)9-11-25-17)22-13-18(24)23-10-8-15-6-4-5-7-16(15)23;/h4-7,9,11H,3,8,10,12-13H2,1-2H3,(H2,20,21,22);1H. The van der Waals surface area contributed by atoms with E-state index in [1.165, 1.54) is 16.0 Å². The van der Waals surface area contributed by atoms with Crippen molar-refractivity contribution >= 4 is 52.9 Å². The summed E-state index contributed by atoms with van der Waals surface area (Å²) >= 11 is 1.73. The normalized spacial score (nSPS) is 13.2. The van der Waals surface area contributed by atoms with E-state index >= 15 is 0 Å². The van der Waals surface area contributed by atoms with Crippen LogP contribution >= 0.6 is 35.3 Å². The summed E-state index contributed by atoms with van der Waals surface area (Å²) < 4.78 is 0. The molecule has 0 spiro atoms. The summed E-state index contributed by atoms with van der Waals surface area (Å²) in [5.41, 5.74) is 3.53. The smallest absolute Gasteiger partial charge is 0.248 e. The molecule has 0 unspecified atom stereocenters. The van der Waals surface area contributed by atoms with Crippen molar-refractivity contribution in [2.45, 2.75) is 26.8 Å². The number of aryl methyl sites for hydroxylation is 1. The number of guanidine groups is 1. The molecule has 1 aromatic carbocycles. The number of nitrogens with zero attached hydrogens (tertiary/aromatic N) is 2. The largest absolute Gasteiger partial charge is 0.357 e. The number of carbonyl (C=O) groups excluding carboxylic acids is 1. The third-order valence-corrected chi connectivity index (χ3v) is 5.31. The SMILES string of the molecule is CCNC(=NCC(=O)N1CCc2ccccc21)NCc1sccc1C.I. The Bertz CT molecular complexity index is 774. The maximum atomic E-state index is 12.6. The van der Waals surface area contributed by atoms with Gasteiger partial charge in [-0.3, -0.25) is 4.79 Å². The highest BCUT2D eigenvalue weighted by molar-refractivity contribution is 14.0. The van der Waals surface area contributed by atoms with Crippen LogP contribution in [0.25, 0.3) is 0 Å². The van der Waals surface area contributed by atoms with Crippen molar-refractivity contribution in [1.82, 2.24) is 10.6 Å². The van der Waals surface area contributed by atoms with E-state index in [1.807, 2.05) is 30.0 Å². The fourth-order valence-electron chi connectivity index (χ4n) is 2.92. The number of nitrogens with one attached hydrogen (secondary N) is 2. The summed E-state index contributed by atoms with van der Waals surface area (Å²) in [5.74, 6) is 0.714. The number of anilines is 1. The molecule has 5 nitrogen and oxygen atoms in total. The lowest BCUT2D eigenvalue weighted by Gasteiger charge is -2.17. The van der Waals surface area contributed by atoms with Gasteiger partial charge in [-0.05, 0) is 48.9 Å². The van der Waals surface area contributed by atoms with E-state index in [-0.39, 0.29) is 36.4 Å². The number of hydrogen-bond donors (Lipinski definition) is 2. The zero-order valence-corrected chi connectivity index (χ0v) is 18.3. The fourth-order valence-corrected chi connectivity index (χ4v) is 3.77. The molecule has 1 amide bonds. The molecule has 1 aromatic heterocycles. The molecule has 0 aliphatic carbocycles. The van der Waals surface area contributed by atoms with E-state index in [1.54, 1.807) is 11.3 Å². The van der Waals surface area contributed by atoms with Crippen molar-refractivity contribution in [3.63, 3.8) is 0 Å². The molecule has 2 heterocycles. The highest BCUT2D eigenvalue weighted by Crippen LogP contribution is 2.27. The van der Waals surface area contributed by atoms with E-state index in [4.69, 9.17) is 0 Å². The van der Waals surface area contributed by atoms with Crippen molar-refractivity contribution in [2.75, 3.05) is 24.5 Å². The number of fused-ring (bicyclic) bond motifs is 1. The number of aliphatic imine (C=N–C) groups is 1. The molecule has 0 saturated heterocycles. The number of amides is 1. The topological polar surface area (TPSA) is 56.7 Å². The molecule has 7 heteroatoms. The Morgan fingerprint density at radius 3 is 2.81 bits per heavy atom.